The van der Waals surface area contributed by atoms with Crippen LogP contribution in [0.15, 0.2) is 182 Å². The van der Waals surface area contributed by atoms with Gasteiger partial charge in [0.15, 0.2) is 17.5 Å². The van der Waals surface area contributed by atoms with Crippen molar-refractivity contribution in [3.8, 4) is 51.0 Å². The number of nitrogens with zero attached hydrogens (tertiary/aromatic N) is 4. The number of hydrogen-bond acceptors (Lipinski definition) is 3. The van der Waals surface area contributed by atoms with Crippen LogP contribution in [0.4, 0.5) is 0 Å². The third kappa shape index (κ3) is 6.23. The van der Waals surface area contributed by atoms with E-state index in [1.807, 2.05) is 0 Å². The molecule has 63 heavy (non-hydrogen) atoms. The smallest absolute Gasteiger partial charge is 0.164 e. The molecular weight excluding hydrogens is 765 g/mol. The van der Waals surface area contributed by atoms with Gasteiger partial charge in [-0.25, -0.2) is 15.0 Å². The summed E-state index contributed by atoms with van der Waals surface area (Å²) < 4.78 is 2.47. The van der Waals surface area contributed by atoms with E-state index in [9.17, 15) is 0 Å². The molecule has 0 radical (unpaired) electrons. The molecule has 2 aromatic heterocycles. The van der Waals surface area contributed by atoms with Gasteiger partial charge in [0.2, 0.25) is 0 Å². The Kier molecular flexibility index (Phi) is 8.33. The van der Waals surface area contributed by atoms with Crippen LogP contribution >= 0.6 is 0 Å². The predicted octanol–water partition coefficient (Wildman–Crippen LogP) is 15.4. The fraction of sp³-hybridized carbons (Fsp3) is 0.136. The maximum atomic E-state index is 5.25. The highest BCUT2D eigenvalue weighted by molar-refractivity contribution is 6.21. The van der Waals surface area contributed by atoms with E-state index in [2.05, 4.69) is 214 Å². The Hall–Kier alpha value is -7.43. The Morgan fingerprint density at radius 1 is 0.365 bits per heavy atom. The highest BCUT2D eigenvalue weighted by Gasteiger charge is 2.38. The zero-order valence-electron chi connectivity index (χ0n) is 36.0. The van der Waals surface area contributed by atoms with E-state index in [1.54, 1.807) is 0 Å². The lowest BCUT2D eigenvalue weighted by atomic mass is 9.63. The van der Waals surface area contributed by atoms with Crippen LogP contribution in [0.3, 0.4) is 0 Å². The lowest BCUT2D eigenvalue weighted by molar-refractivity contribution is 0.332. The first-order valence-electron chi connectivity index (χ1n) is 22.1. The van der Waals surface area contributed by atoms with Gasteiger partial charge in [-0.2, -0.15) is 0 Å². The minimum absolute atomic E-state index is 0.0678. The first-order valence-corrected chi connectivity index (χ1v) is 22.1. The summed E-state index contributed by atoms with van der Waals surface area (Å²) in [7, 11) is 0. The van der Waals surface area contributed by atoms with Gasteiger partial charge in [-0.3, -0.25) is 0 Å². The summed E-state index contributed by atoms with van der Waals surface area (Å²) in [6, 6.07) is 65.8. The second kappa shape index (κ2) is 14.1. The number of rotatable bonds is 5. The summed E-state index contributed by atoms with van der Waals surface area (Å²) in [5.41, 5.74) is 11.7. The largest absolute Gasteiger partial charge is 0.309 e. The summed E-state index contributed by atoms with van der Waals surface area (Å²) in [5, 5.41) is 9.90. The molecule has 12 rings (SSSR count). The third-order valence-electron chi connectivity index (χ3n) is 13.9. The fourth-order valence-electron chi connectivity index (χ4n) is 10.2. The Morgan fingerprint density at radius 2 is 0.873 bits per heavy atom. The van der Waals surface area contributed by atoms with Gasteiger partial charge in [0.25, 0.3) is 0 Å². The molecule has 1 aliphatic carbocycles. The van der Waals surface area contributed by atoms with Crippen LogP contribution in [0.5, 0.6) is 0 Å². The molecule has 1 aliphatic rings. The van der Waals surface area contributed by atoms with Crippen molar-refractivity contribution in [2.75, 3.05) is 0 Å². The second-order valence-corrected chi connectivity index (χ2v) is 18.8. The summed E-state index contributed by atoms with van der Waals surface area (Å²) >= 11 is 0. The van der Waals surface area contributed by atoms with Gasteiger partial charge >= 0.3 is 0 Å². The topological polar surface area (TPSA) is 43.6 Å². The maximum Gasteiger partial charge on any atom is 0.164 e. The summed E-state index contributed by atoms with van der Waals surface area (Å²) in [5.74, 6) is 1.91. The van der Waals surface area contributed by atoms with E-state index < -0.39 is 0 Å². The van der Waals surface area contributed by atoms with Crippen LogP contribution in [0.1, 0.15) is 51.7 Å². The van der Waals surface area contributed by atoms with Gasteiger partial charge in [-0.05, 0) is 121 Å². The molecule has 0 bridgehead atoms. The van der Waals surface area contributed by atoms with Crippen molar-refractivity contribution < 1.29 is 0 Å². The van der Waals surface area contributed by atoms with Crippen molar-refractivity contribution >= 4 is 54.1 Å². The van der Waals surface area contributed by atoms with Crippen LogP contribution in [0.2, 0.25) is 0 Å². The van der Waals surface area contributed by atoms with E-state index in [1.165, 1.54) is 71.8 Å². The van der Waals surface area contributed by atoms with Crippen molar-refractivity contribution in [2.45, 2.75) is 51.4 Å². The van der Waals surface area contributed by atoms with E-state index in [0.29, 0.717) is 17.5 Å². The number of aromatic nitrogens is 4. The van der Waals surface area contributed by atoms with Gasteiger partial charge in [-0.15, -0.1) is 0 Å². The molecule has 0 amide bonds. The summed E-state index contributed by atoms with van der Waals surface area (Å²) in [4.78, 5) is 15.7. The normalized spacial score (nSPS) is 14.5. The van der Waals surface area contributed by atoms with Crippen molar-refractivity contribution in [3.05, 3.63) is 193 Å². The van der Waals surface area contributed by atoms with E-state index in [-0.39, 0.29) is 10.8 Å². The number of benzene rings is 9. The first kappa shape index (κ1) is 37.3. The molecule has 302 valence electrons. The Bertz CT molecular complexity index is 3630. The predicted molar refractivity (Wildman–Crippen MR) is 264 cm³/mol. The van der Waals surface area contributed by atoms with Crippen LogP contribution in [-0.4, -0.2) is 19.5 Å². The average Bonchev–Trinajstić information content (AvgIpc) is 3.66. The average molecular weight is 811 g/mol. The van der Waals surface area contributed by atoms with Gasteiger partial charge < -0.3 is 4.57 Å². The molecule has 0 saturated carbocycles. The summed E-state index contributed by atoms with van der Waals surface area (Å²) in [6.45, 7) is 9.67. The zero-order valence-corrected chi connectivity index (χ0v) is 36.0. The molecular formula is C59H46N4. The van der Waals surface area contributed by atoms with Crippen molar-refractivity contribution in [1.82, 2.24) is 19.5 Å². The molecule has 0 N–H and O–H groups in total. The highest BCUT2D eigenvalue weighted by Crippen LogP contribution is 2.49. The van der Waals surface area contributed by atoms with E-state index >= 15 is 0 Å². The summed E-state index contributed by atoms with van der Waals surface area (Å²) in [6.07, 6.45) is 2.33. The SMILES string of the molecule is CC1(C)CCC(C)(C)c2cc3c(cc21)c1c2ccccc2ccc1n3-c1cccc(-c2nc(-c3ccc(-c4ccc5ccccc5c4)cc3)nc(-c3ccc4ccccc4c3)n2)c1. The number of hydrogen-bond donors (Lipinski definition) is 0. The van der Waals surface area contributed by atoms with Crippen LogP contribution in [-0.2, 0) is 10.8 Å². The minimum atomic E-state index is 0.0678. The lowest BCUT2D eigenvalue weighted by Crippen LogP contribution is -2.33. The molecule has 11 aromatic rings. The van der Waals surface area contributed by atoms with Crippen LogP contribution in [0, 0.1) is 0 Å². The molecule has 0 saturated heterocycles. The highest BCUT2D eigenvalue weighted by atomic mass is 15.0. The molecule has 9 aromatic carbocycles. The fourth-order valence-corrected chi connectivity index (χ4v) is 10.2. The third-order valence-corrected chi connectivity index (χ3v) is 13.9. The van der Waals surface area contributed by atoms with Crippen molar-refractivity contribution in [3.63, 3.8) is 0 Å². The monoisotopic (exact) mass is 810 g/mol. The first-order chi connectivity index (χ1) is 30.7. The van der Waals surface area contributed by atoms with Crippen molar-refractivity contribution in [1.29, 1.82) is 0 Å². The van der Waals surface area contributed by atoms with Crippen LogP contribution < -0.4 is 0 Å². The van der Waals surface area contributed by atoms with Gasteiger partial charge in [0.1, 0.15) is 0 Å². The molecule has 4 nitrogen and oxygen atoms in total. The molecule has 2 heterocycles. The van der Waals surface area contributed by atoms with Crippen molar-refractivity contribution in [2.24, 2.45) is 0 Å². The van der Waals surface area contributed by atoms with Crippen LogP contribution in [0.25, 0.3) is 105 Å². The van der Waals surface area contributed by atoms with Gasteiger partial charge in [-0.1, -0.05) is 167 Å². The Balaban J connectivity index is 1.04. The minimum Gasteiger partial charge on any atom is -0.309 e. The quantitative estimate of drug-likeness (QED) is 0.174. The van der Waals surface area contributed by atoms with E-state index in [4.69, 9.17) is 15.0 Å². The second-order valence-electron chi connectivity index (χ2n) is 18.8. The molecule has 0 unspecified atom stereocenters. The van der Waals surface area contributed by atoms with E-state index in [0.717, 1.165) is 39.7 Å². The van der Waals surface area contributed by atoms with Gasteiger partial charge in [0.05, 0.1) is 11.0 Å². The molecule has 0 spiro atoms. The molecule has 0 aliphatic heterocycles. The molecule has 0 fully saturated rings. The Labute approximate surface area is 367 Å². The van der Waals surface area contributed by atoms with Gasteiger partial charge in [0, 0.05) is 33.2 Å². The molecule has 0 atom stereocenters. The number of fused-ring (bicyclic) bond motifs is 8. The standard InChI is InChI=1S/C59H46N4/c1-58(2)30-31-59(3,4)51-36-53-49(35-50(51)58)54-48-19-10-9-14-40(48)28-29-52(54)63(53)47-18-11-17-45(34-47)56-60-55(61-57(62-56)46-27-23-38-13-6-8-16-43(38)33-46)41-24-20-39(21-25-41)44-26-22-37-12-5-7-15-42(37)32-44/h5-29,32-36H,30-31H2,1-4H3. The maximum absolute atomic E-state index is 5.25. The zero-order chi connectivity index (χ0) is 42.5. The molecule has 4 heteroatoms. The lowest BCUT2D eigenvalue weighted by Gasteiger charge is -2.42. The Morgan fingerprint density at radius 3 is 1.56 bits per heavy atom.